The smallest absolute Gasteiger partial charge is 0.344 e. The summed E-state index contributed by atoms with van der Waals surface area (Å²) in [6.45, 7) is 15.8. The first-order valence-electron chi connectivity index (χ1n) is 21.2. The zero-order chi connectivity index (χ0) is 45.7. The minimum Gasteiger partial charge on any atom is -0.459 e. The van der Waals surface area contributed by atoms with E-state index < -0.39 is 133 Å². The summed E-state index contributed by atoms with van der Waals surface area (Å²) in [5.74, 6) is -4.92. The molecule has 0 aromatic heterocycles. The lowest BCUT2D eigenvalue weighted by molar-refractivity contribution is -0.319. The largest absolute Gasteiger partial charge is 0.459 e. The second kappa shape index (κ2) is 21.5. The molecule has 0 bridgehead atoms. The van der Waals surface area contributed by atoms with Crippen LogP contribution in [0.5, 0.6) is 0 Å². The third-order valence-corrected chi connectivity index (χ3v) is 12.9. The maximum absolute atomic E-state index is 14.4. The number of aliphatic hydroxyl groups is 5. The van der Waals surface area contributed by atoms with Gasteiger partial charge in [0.2, 0.25) is 0 Å². The van der Waals surface area contributed by atoms with Crippen molar-refractivity contribution < 1.29 is 77.8 Å². The molecule has 18 atom stereocenters. The Hall–Kier alpha value is -2.07. The van der Waals surface area contributed by atoms with Crippen molar-refractivity contribution in [1.82, 2.24) is 9.80 Å². The highest BCUT2D eigenvalue weighted by molar-refractivity contribution is 5.77. The predicted octanol–water partition coefficient (Wildman–Crippen LogP) is 0.987. The molecular weight excluding hydrogens is 788 g/mol. The van der Waals surface area contributed by atoms with Crippen LogP contribution in [-0.4, -0.2) is 192 Å². The minimum atomic E-state index is -1.86. The molecule has 3 aliphatic heterocycles. The molecule has 0 spiro atoms. The highest BCUT2D eigenvalue weighted by atomic mass is 16.7. The summed E-state index contributed by atoms with van der Waals surface area (Å²) in [6, 6.07) is -1.07. The number of esters is 3. The molecule has 3 saturated heterocycles. The molecule has 0 aromatic rings. The van der Waals surface area contributed by atoms with Gasteiger partial charge in [0.05, 0.1) is 47.6 Å². The van der Waals surface area contributed by atoms with E-state index in [4.69, 9.17) is 43.0 Å². The van der Waals surface area contributed by atoms with Crippen LogP contribution in [0.4, 0.5) is 0 Å². The Labute approximate surface area is 356 Å². The molecule has 0 radical (unpaired) electrons. The molecule has 5 N–H and O–H groups in total. The summed E-state index contributed by atoms with van der Waals surface area (Å²) in [7, 11) is 6.88. The first-order chi connectivity index (χ1) is 27.7. The third-order valence-electron chi connectivity index (χ3n) is 12.9. The molecule has 3 fully saturated rings. The van der Waals surface area contributed by atoms with Crippen LogP contribution in [0.3, 0.4) is 0 Å². The van der Waals surface area contributed by atoms with Crippen LogP contribution < -0.4 is 0 Å². The molecule has 0 aliphatic carbocycles. The fourth-order valence-corrected chi connectivity index (χ4v) is 9.22. The molecule has 18 nitrogen and oxygen atoms in total. The fraction of sp³-hybridized carbons (Fsp3) is 0.929. The van der Waals surface area contributed by atoms with Gasteiger partial charge < -0.3 is 73.2 Å². The molecule has 350 valence electrons. The van der Waals surface area contributed by atoms with E-state index in [1.165, 1.54) is 14.0 Å². The molecule has 0 aromatic carbocycles. The second-order valence-electron chi connectivity index (χ2n) is 18.4. The zero-order valence-electron chi connectivity index (χ0n) is 38.2. The van der Waals surface area contributed by atoms with Crippen LogP contribution in [0.1, 0.15) is 94.9 Å². The average molecular weight is 865 g/mol. The van der Waals surface area contributed by atoms with Crippen molar-refractivity contribution in [2.45, 2.75) is 185 Å². The maximum Gasteiger partial charge on any atom is 0.344 e. The summed E-state index contributed by atoms with van der Waals surface area (Å²) in [5.41, 5.74) is -4.66. The average Bonchev–Trinajstić information content (AvgIpc) is 3.17. The van der Waals surface area contributed by atoms with E-state index >= 15 is 0 Å². The SMILES string of the molecule is CC[C@H]1OC(=O)[C@H](C)[C@@H](O[C@H]2C[C@@](C)(OC)[C@@H](O)[C@H](C)O2)[C@H](C)[C@@H](O[C@@H]2O[C@H](C)C[C@H](N(C)C)[C@H]2OC(=O)COC(=O)CO)[C@](C)(O)C[C@@H](C)CN(C)[C@H](C)[C@@H](O)[C@]1(C)O. The molecule has 18 heteroatoms. The monoisotopic (exact) mass is 865 g/mol. The van der Waals surface area contributed by atoms with Crippen molar-refractivity contribution in [2.24, 2.45) is 17.8 Å². The topological polar surface area (TPSA) is 233 Å². The Morgan fingerprint density at radius 1 is 0.933 bits per heavy atom. The Bertz CT molecular complexity index is 1400. The first-order valence-corrected chi connectivity index (χ1v) is 21.2. The molecule has 3 rings (SSSR count). The molecule has 0 unspecified atom stereocenters. The number of nitrogens with zero attached hydrogens (tertiary/aromatic N) is 2. The van der Waals surface area contributed by atoms with Crippen LogP contribution in [0.15, 0.2) is 0 Å². The van der Waals surface area contributed by atoms with E-state index in [-0.39, 0.29) is 25.2 Å². The van der Waals surface area contributed by atoms with Gasteiger partial charge in [-0.3, -0.25) is 4.79 Å². The van der Waals surface area contributed by atoms with Gasteiger partial charge in [-0.05, 0) is 94.8 Å². The van der Waals surface area contributed by atoms with Crippen molar-refractivity contribution >= 4 is 17.9 Å². The van der Waals surface area contributed by atoms with Crippen molar-refractivity contribution in [3.63, 3.8) is 0 Å². The van der Waals surface area contributed by atoms with Crippen molar-refractivity contribution in [3.05, 3.63) is 0 Å². The third kappa shape index (κ3) is 12.6. The number of methoxy groups -OCH3 is 1. The molecular formula is C42H76N2O16. The molecule has 60 heavy (non-hydrogen) atoms. The van der Waals surface area contributed by atoms with Gasteiger partial charge in [0.25, 0.3) is 0 Å². The number of ether oxygens (including phenoxy) is 8. The van der Waals surface area contributed by atoms with Crippen molar-refractivity contribution in [2.75, 3.05) is 48.0 Å². The lowest BCUT2D eigenvalue weighted by Crippen LogP contribution is -2.61. The van der Waals surface area contributed by atoms with Gasteiger partial charge in [0, 0.05) is 32.0 Å². The van der Waals surface area contributed by atoms with Gasteiger partial charge in [-0.15, -0.1) is 0 Å². The summed E-state index contributed by atoms with van der Waals surface area (Å²) < 4.78 is 48.7. The fourth-order valence-electron chi connectivity index (χ4n) is 9.22. The highest BCUT2D eigenvalue weighted by Crippen LogP contribution is 2.40. The van der Waals surface area contributed by atoms with E-state index in [9.17, 15) is 34.8 Å². The van der Waals surface area contributed by atoms with Gasteiger partial charge >= 0.3 is 17.9 Å². The lowest BCUT2D eigenvalue weighted by Gasteiger charge is -2.49. The van der Waals surface area contributed by atoms with E-state index in [1.54, 1.807) is 69.6 Å². The van der Waals surface area contributed by atoms with Crippen LogP contribution >= 0.6 is 0 Å². The maximum atomic E-state index is 14.4. The second-order valence-corrected chi connectivity index (χ2v) is 18.4. The number of hydrogen-bond acceptors (Lipinski definition) is 18. The van der Waals surface area contributed by atoms with Gasteiger partial charge in [-0.1, -0.05) is 20.8 Å². The van der Waals surface area contributed by atoms with Crippen molar-refractivity contribution in [1.29, 1.82) is 0 Å². The Morgan fingerprint density at radius 3 is 2.13 bits per heavy atom. The number of rotatable bonds is 11. The summed E-state index contributed by atoms with van der Waals surface area (Å²) in [6.07, 6.45) is -9.62. The number of cyclic esters (lactones) is 1. The normalized spacial score (nSPS) is 44.3. The van der Waals surface area contributed by atoms with E-state index in [0.717, 1.165) is 0 Å². The number of likely N-dealkylation sites (N-methyl/N-ethyl adjacent to an activating group) is 2. The van der Waals surface area contributed by atoms with Crippen LogP contribution in [-0.2, 0) is 52.3 Å². The van der Waals surface area contributed by atoms with Crippen LogP contribution in [0.2, 0.25) is 0 Å². The molecule has 3 aliphatic rings. The Morgan fingerprint density at radius 2 is 1.57 bits per heavy atom. The molecule has 0 saturated carbocycles. The number of carbonyl (C=O) groups excluding carboxylic acids is 3. The molecule has 3 heterocycles. The van der Waals surface area contributed by atoms with Gasteiger partial charge in [0.15, 0.2) is 25.3 Å². The summed E-state index contributed by atoms with van der Waals surface area (Å²) >= 11 is 0. The quantitative estimate of drug-likeness (QED) is 0.144. The standard InChI is InChI=1S/C42H76N2O16/c1-15-29-42(10,52)35(48)26(6)44(13)19-22(2)17-40(8,51)37(60-39-34(28(43(11)12)16-23(3)55-39)58-31(47)21-54-30(46)20-45)24(4)33(25(5)38(50)57-29)59-32-18-41(9,53-14)36(49)27(7)56-32/h22-29,32-37,39,45,48-49,51-52H,15-21H2,1-14H3/t22-,23-,24+,25-,26-,27+,28+,29-,32+,33+,34-,35-,36+,37-,39+,40-,41-,42-/m1/s1. The first kappa shape index (κ1) is 52.3. The van der Waals surface area contributed by atoms with E-state index in [2.05, 4.69) is 0 Å². The van der Waals surface area contributed by atoms with E-state index in [0.29, 0.717) is 13.0 Å². The predicted molar refractivity (Wildman–Crippen MR) is 216 cm³/mol. The van der Waals surface area contributed by atoms with E-state index in [1.807, 2.05) is 23.6 Å². The zero-order valence-corrected chi connectivity index (χ0v) is 38.2. The van der Waals surface area contributed by atoms with Gasteiger partial charge in [-0.25, -0.2) is 9.59 Å². The van der Waals surface area contributed by atoms with Gasteiger partial charge in [0.1, 0.15) is 30.5 Å². The molecule has 0 amide bonds. The Balaban J connectivity index is 2.22. The highest BCUT2D eigenvalue weighted by Gasteiger charge is 2.53. The number of carbonyl (C=O) groups is 3. The lowest BCUT2D eigenvalue weighted by atomic mass is 9.77. The van der Waals surface area contributed by atoms with Crippen LogP contribution in [0.25, 0.3) is 0 Å². The minimum absolute atomic E-state index is 0.0638. The summed E-state index contributed by atoms with van der Waals surface area (Å²) in [5, 5.41) is 56.2. The Kier molecular flexibility index (Phi) is 18.8. The van der Waals surface area contributed by atoms with Gasteiger partial charge in [-0.2, -0.15) is 0 Å². The van der Waals surface area contributed by atoms with Crippen molar-refractivity contribution in [3.8, 4) is 0 Å². The van der Waals surface area contributed by atoms with Crippen LogP contribution in [0, 0.1) is 17.8 Å². The number of hydrogen-bond donors (Lipinski definition) is 5. The summed E-state index contributed by atoms with van der Waals surface area (Å²) in [4.78, 5) is 42.9. The number of aliphatic hydroxyl groups excluding tert-OH is 3.